The van der Waals surface area contributed by atoms with Gasteiger partial charge in [0.05, 0.1) is 16.9 Å². The first-order valence-electron chi connectivity index (χ1n) is 5.46. The molecule has 0 bridgehead atoms. The molecular formula is C13H12Cl2N2. The first kappa shape index (κ1) is 12.3. The van der Waals surface area contributed by atoms with Crippen molar-refractivity contribution in [2.75, 3.05) is 0 Å². The highest BCUT2D eigenvalue weighted by atomic mass is 35.5. The van der Waals surface area contributed by atoms with Crippen LogP contribution >= 0.6 is 23.2 Å². The number of hydrogen-bond donors (Lipinski definition) is 0. The van der Waals surface area contributed by atoms with Crippen molar-refractivity contribution in [3.05, 3.63) is 58.1 Å². The van der Waals surface area contributed by atoms with E-state index in [0.717, 1.165) is 25.0 Å². The van der Waals surface area contributed by atoms with Gasteiger partial charge < -0.3 is 0 Å². The van der Waals surface area contributed by atoms with E-state index in [0.29, 0.717) is 5.02 Å². The van der Waals surface area contributed by atoms with Gasteiger partial charge in [-0.2, -0.15) is 0 Å². The summed E-state index contributed by atoms with van der Waals surface area (Å²) in [5.41, 5.74) is 2.14. The van der Waals surface area contributed by atoms with Crippen LogP contribution in [0.5, 0.6) is 0 Å². The molecule has 1 heterocycles. The fourth-order valence-corrected chi connectivity index (χ4v) is 1.99. The Morgan fingerprint density at radius 1 is 1.00 bits per heavy atom. The van der Waals surface area contributed by atoms with Crippen LogP contribution in [0.1, 0.15) is 17.7 Å². The lowest BCUT2D eigenvalue weighted by atomic mass is 10.1. The van der Waals surface area contributed by atoms with Crippen molar-refractivity contribution in [1.82, 2.24) is 9.97 Å². The molecule has 0 unspecified atom stereocenters. The van der Waals surface area contributed by atoms with Crippen LogP contribution in [0.4, 0.5) is 0 Å². The Morgan fingerprint density at radius 3 is 2.53 bits per heavy atom. The fourth-order valence-electron chi connectivity index (χ4n) is 1.66. The number of aromatic nitrogens is 2. The molecule has 17 heavy (non-hydrogen) atoms. The molecule has 4 heteroatoms. The maximum Gasteiger partial charge on any atom is 0.222 e. The second-order valence-electron chi connectivity index (χ2n) is 3.77. The highest BCUT2D eigenvalue weighted by Gasteiger charge is 2.04. The molecule has 0 aliphatic carbocycles. The highest BCUT2D eigenvalue weighted by molar-refractivity contribution is 6.31. The summed E-state index contributed by atoms with van der Waals surface area (Å²) in [5, 5.41) is 0.839. The molecule has 0 spiro atoms. The lowest BCUT2D eigenvalue weighted by Gasteiger charge is -2.03. The van der Waals surface area contributed by atoms with Crippen LogP contribution in [0, 0.1) is 0 Å². The molecule has 0 N–H and O–H groups in total. The zero-order chi connectivity index (χ0) is 12.1. The van der Waals surface area contributed by atoms with Gasteiger partial charge in [0.1, 0.15) is 0 Å². The van der Waals surface area contributed by atoms with Crippen LogP contribution in [0.15, 0.2) is 36.5 Å². The second-order valence-corrected chi connectivity index (χ2v) is 4.52. The van der Waals surface area contributed by atoms with Gasteiger partial charge >= 0.3 is 0 Å². The Kier molecular flexibility index (Phi) is 4.35. The maximum atomic E-state index is 5.99. The number of aryl methyl sites for hydroxylation is 2. The SMILES string of the molecule is Clc1ncc(Cl)c(CCCc2ccccc2)n1. The summed E-state index contributed by atoms with van der Waals surface area (Å²) < 4.78 is 0. The van der Waals surface area contributed by atoms with Crippen LogP contribution in [0.3, 0.4) is 0 Å². The maximum absolute atomic E-state index is 5.99. The summed E-state index contributed by atoms with van der Waals surface area (Å²) >= 11 is 11.7. The van der Waals surface area contributed by atoms with Gasteiger partial charge in [0, 0.05) is 0 Å². The predicted octanol–water partition coefficient (Wildman–Crippen LogP) is 3.96. The lowest BCUT2D eigenvalue weighted by Crippen LogP contribution is -1.96. The van der Waals surface area contributed by atoms with E-state index in [9.17, 15) is 0 Å². The summed E-state index contributed by atoms with van der Waals surface area (Å²) in [5.74, 6) is 0. The topological polar surface area (TPSA) is 25.8 Å². The molecule has 2 nitrogen and oxygen atoms in total. The number of halogens is 2. The molecule has 2 rings (SSSR count). The molecule has 0 saturated heterocycles. The molecule has 1 aromatic carbocycles. The van der Waals surface area contributed by atoms with Crippen molar-refractivity contribution in [3.63, 3.8) is 0 Å². The fraction of sp³-hybridized carbons (Fsp3) is 0.231. The van der Waals surface area contributed by atoms with Gasteiger partial charge in [0.15, 0.2) is 0 Å². The summed E-state index contributed by atoms with van der Waals surface area (Å²) in [4.78, 5) is 7.95. The van der Waals surface area contributed by atoms with Gasteiger partial charge in [-0.15, -0.1) is 0 Å². The molecule has 88 valence electrons. The van der Waals surface area contributed by atoms with Crippen LogP contribution in [0.2, 0.25) is 10.3 Å². The van der Waals surface area contributed by atoms with E-state index in [1.165, 1.54) is 5.56 Å². The molecule has 0 radical (unpaired) electrons. The van der Waals surface area contributed by atoms with Crippen molar-refractivity contribution in [2.24, 2.45) is 0 Å². The van der Waals surface area contributed by atoms with Crippen molar-refractivity contribution in [2.45, 2.75) is 19.3 Å². The van der Waals surface area contributed by atoms with E-state index in [2.05, 4.69) is 22.1 Å². The highest BCUT2D eigenvalue weighted by Crippen LogP contribution is 2.16. The third-order valence-electron chi connectivity index (χ3n) is 2.51. The van der Waals surface area contributed by atoms with E-state index in [1.807, 2.05) is 18.2 Å². The standard InChI is InChI=1S/C13H12Cl2N2/c14-11-9-16-13(15)17-12(11)8-4-7-10-5-2-1-3-6-10/h1-3,5-6,9H,4,7-8H2. The molecular weight excluding hydrogens is 255 g/mol. The van der Waals surface area contributed by atoms with Gasteiger partial charge in [0.25, 0.3) is 0 Å². The monoisotopic (exact) mass is 266 g/mol. The number of rotatable bonds is 4. The summed E-state index contributed by atoms with van der Waals surface area (Å²) in [7, 11) is 0. The molecule has 0 saturated carbocycles. The Bertz CT molecular complexity index is 486. The summed E-state index contributed by atoms with van der Waals surface area (Å²) in [6.07, 6.45) is 4.38. The van der Waals surface area contributed by atoms with Gasteiger partial charge in [-0.1, -0.05) is 41.9 Å². The van der Waals surface area contributed by atoms with Crippen LogP contribution in [-0.2, 0) is 12.8 Å². The number of nitrogens with zero attached hydrogens (tertiary/aromatic N) is 2. The molecule has 0 fully saturated rings. The smallest absolute Gasteiger partial charge is 0.222 e. The minimum atomic E-state index is 0.254. The van der Waals surface area contributed by atoms with Crippen molar-refractivity contribution < 1.29 is 0 Å². The summed E-state index contributed by atoms with van der Waals surface area (Å²) in [6, 6.07) is 10.3. The van der Waals surface area contributed by atoms with Gasteiger partial charge in [-0.25, -0.2) is 9.97 Å². The average molecular weight is 267 g/mol. The normalized spacial score (nSPS) is 10.5. The Balaban J connectivity index is 1.92. The van der Waals surface area contributed by atoms with E-state index in [-0.39, 0.29) is 5.28 Å². The van der Waals surface area contributed by atoms with Crippen molar-refractivity contribution >= 4 is 23.2 Å². The van der Waals surface area contributed by atoms with Gasteiger partial charge in [-0.05, 0) is 36.4 Å². The van der Waals surface area contributed by atoms with E-state index >= 15 is 0 Å². The number of hydrogen-bond acceptors (Lipinski definition) is 2. The third-order valence-corrected chi connectivity index (χ3v) is 3.01. The molecule has 2 aromatic rings. The quantitative estimate of drug-likeness (QED) is 0.783. The van der Waals surface area contributed by atoms with Gasteiger partial charge in [-0.3, -0.25) is 0 Å². The molecule has 0 amide bonds. The van der Waals surface area contributed by atoms with Crippen molar-refractivity contribution in [1.29, 1.82) is 0 Å². The predicted molar refractivity (Wildman–Crippen MR) is 70.5 cm³/mol. The summed E-state index contributed by atoms with van der Waals surface area (Å²) in [6.45, 7) is 0. The van der Waals surface area contributed by atoms with Gasteiger partial charge in [0.2, 0.25) is 5.28 Å². The largest absolute Gasteiger partial charge is 0.225 e. The minimum Gasteiger partial charge on any atom is -0.225 e. The first-order valence-corrected chi connectivity index (χ1v) is 6.22. The number of benzene rings is 1. The van der Waals surface area contributed by atoms with Crippen LogP contribution in [0.25, 0.3) is 0 Å². The molecule has 1 aromatic heterocycles. The Morgan fingerprint density at radius 2 is 1.76 bits per heavy atom. The Labute approximate surface area is 111 Å². The van der Waals surface area contributed by atoms with E-state index in [1.54, 1.807) is 6.20 Å². The molecule has 0 atom stereocenters. The minimum absolute atomic E-state index is 0.254. The molecule has 0 aliphatic heterocycles. The average Bonchev–Trinajstić information content (AvgIpc) is 2.35. The van der Waals surface area contributed by atoms with E-state index < -0.39 is 0 Å². The third kappa shape index (κ3) is 3.69. The van der Waals surface area contributed by atoms with Crippen molar-refractivity contribution in [3.8, 4) is 0 Å². The Hall–Kier alpha value is -1.12. The van der Waals surface area contributed by atoms with E-state index in [4.69, 9.17) is 23.2 Å². The second kappa shape index (κ2) is 5.99. The zero-order valence-corrected chi connectivity index (χ0v) is 10.7. The lowest BCUT2D eigenvalue weighted by molar-refractivity contribution is 0.795. The first-order chi connectivity index (χ1) is 8.25. The zero-order valence-electron chi connectivity index (χ0n) is 9.24. The molecule has 0 aliphatic rings. The van der Waals surface area contributed by atoms with Crippen LogP contribution < -0.4 is 0 Å². The van der Waals surface area contributed by atoms with Crippen LogP contribution in [-0.4, -0.2) is 9.97 Å².